The quantitative estimate of drug-likeness (QED) is 0.513. The molecule has 0 aliphatic carbocycles. The van der Waals surface area contributed by atoms with Crippen molar-refractivity contribution < 1.29 is 9.53 Å². The molecule has 0 aromatic heterocycles. The number of benzene rings is 1. The molecule has 3 heteroatoms. The molecule has 13 heavy (non-hydrogen) atoms. The molecular weight excluding hydrogens is 166 g/mol. The molecule has 0 radical (unpaired) electrons. The van der Waals surface area contributed by atoms with Crippen molar-refractivity contribution in [3.8, 4) is 5.75 Å². The Hall–Kier alpha value is -1.60. The van der Waals surface area contributed by atoms with Gasteiger partial charge in [-0.2, -0.15) is 4.99 Å². The Bertz CT molecular complexity index is 342. The normalized spacial score (nSPS) is 9.15. The second-order valence-corrected chi connectivity index (χ2v) is 2.82. The minimum absolute atomic E-state index is 0.616. The molecule has 0 N–H and O–H groups in total. The van der Waals surface area contributed by atoms with Crippen LogP contribution < -0.4 is 4.74 Å². The van der Waals surface area contributed by atoms with Crippen LogP contribution >= 0.6 is 0 Å². The number of isocyanates is 1. The summed E-state index contributed by atoms with van der Waals surface area (Å²) in [7, 11) is 1.62. The van der Waals surface area contributed by atoms with E-state index >= 15 is 0 Å². The Kier molecular flexibility index (Phi) is 2.83. The summed E-state index contributed by atoms with van der Waals surface area (Å²) in [6.07, 6.45) is 1.51. The highest BCUT2D eigenvalue weighted by atomic mass is 16.5. The first-order chi connectivity index (χ1) is 6.19. The summed E-state index contributed by atoms with van der Waals surface area (Å²) in [6, 6.07) is 3.58. The summed E-state index contributed by atoms with van der Waals surface area (Å²) < 4.78 is 5.17. The summed E-state index contributed by atoms with van der Waals surface area (Å²) in [5.74, 6) is 0.838. The van der Waals surface area contributed by atoms with Gasteiger partial charge in [0.1, 0.15) is 5.75 Å². The van der Waals surface area contributed by atoms with E-state index in [4.69, 9.17) is 4.74 Å². The Balaban J connectivity index is 3.27. The van der Waals surface area contributed by atoms with E-state index in [-0.39, 0.29) is 0 Å². The fourth-order valence-corrected chi connectivity index (χ4v) is 1.37. The van der Waals surface area contributed by atoms with Gasteiger partial charge >= 0.3 is 0 Å². The van der Waals surface area contributed by atoms with Gasteiger partial charge in [0.05, 0.1) is 12.8 Å². The predicted molar refractivity (Wildman–Crippen MR) is 50.2 cm³/mol. The first-order valence-corrected chi connectivity index (χ1v) is 3.92. The Morgan fingerprint density at radius 2 is 1.85 bits per heavy atom. The highest BCUT2D eigenvalue weighted by Crippen LogP contribution is 2.27. The maximum atomic E-state index is 10.0. The van der Waals surface area contributed by atoms with Gasteiger partial charge in [0.2, 0.25) is 6.08 Å². The second-order valence-electron chi connectivity index (χ2n) is 2.82. The molecule has 3 nitrogen and oxygen atoms in total. The molecule has 1 aromatic rings. The maximum absolute atomic E-state index is 10.0. The van der Waals surface area contributed by atoms with Crippen molar-refractivity contribution in [2.24, 2.45) is 4.99 Å². The van der Waals surface area contributed by atoms with Gasteiger partial charge in [0.25, 0.3) is 0 Å². The predicted octanol–water partition coefficient (Wildman–Crippen LogP) is 2.28. The van der Waals surface area contributed by atoms with E-state index in [1.807, 2.05) is 13.8 Å². The van der Waals surface area contributed by atoms with Gasteiger partial charge in [-0.3, -0.25) is 0 Å². The number of rotatable bonds is 2. The topological polar surface area (TPSA) is 38.7 Å². The van der Waals surface area contributed by atoms with Gasteiger partial charge in [0, 0.05) is 0 Å². The zero-order valence-corrected chi connectivity index (χ0v) is 7.92. The molecule has 0 heterocycles. The molecule has 0 unspecified atom stereocenters. The summed E-state index contributed by atoms with van der Waals surface area (Å²) >= 11 is 0. The third kappa shape index (κ3) is 1.95. The molecule has 0 amide bonds. The van der Waals surface area contributed by atoms with Crippen molar-refractivity contribution in [2.75, 3.05) is 7.11 Å². The molecule has 0 bridgehead atoms. The lowest BCUT2D eigenvalue weighted by atomic mass is 10.1. The second kappa shape index (κ2) is 3.87. The van der Waals surface area contributed by atoms with Crippen LogP contribution in [0.15, 0.2) is 17.1 Å². The lowest BCUT2D eigenvalue weighted by molar-refractivity contribution is 0.408. The number of ether oxygens (including phenoxy) is 1. The lowest BCUT2D eigenvalue weighted by Crippen LogP contribution is -1.90. The Morgan fingerprint density at radius 1 is 1.31 bits per heavy atom. The fourth-order valence-electron chi connectivity index (χ4n) is 1.37. The number of carbonyl (C=O) groups excluding carboxylic acids is 1. The van der Waals surface area contributed by atoms with E-state index in [9.17, 15) is 4.79 Å². The monoisotopic (exact) mass is 177 g/mol. The molecule has 0 saturated carbocycles. The average molecular weight is 177 g/mol. The Morgan fingerprint density at radius 3 is 2.23 bits per heavy atom. The first-order valence-electron chi connectivity index (χ1n) is 3.92. The van der Waals surface area contributed by atoms with Crippen molar-refractivity contribution >= 4 is 11.8 Å². The van der Waals surface area contributed by atoms with Crippen LogP contribution in [0.25, 0.3) is 0 Å². The van der Waals surface area contributed by atoms with Crippen molar-refractivity contribution in [2.45, 2.75) is 13.8 Å². The number of hydrogen-bond acceptors (Lipinski definition) is 3. The number of aliphatic imine (C=N–C) groups is 1. The van der Waals surface area contributed by atoms with Crippen LogP contribution in [0, 0.1) is 13.8 Å². The van der Waals surface area contributed by atoms with E-state index in [0.29, 0.717) is 5.69 Å². The molecular formula is C10H11NO2. The summed E-state index contributed by atoms with van der Waals surface area (Å²) in [5, 5.41) is 0. The standard InChI is InChI=1S/C10H11NO2/c1-7-4-9(11-6-12)5-8(2)10(7)13-3/h4-5H,1-3H3. The van der Waals surface area contributed by atoms with Crippen LogP contribution in [0.3, 0.4) is 0 Å². The van der Waals surface area contributed by atoms with Crippen LogP contribution in [0.2, 0.25) is 0 Å². The van der Waals surface area contributed by atoms with Crippen LogP contribution in [0.5, 0.6) is 5.75 Å². The lowest BCUT2D eigenvalue weighted by Gasteiger charge is -2.08. The number of nitrogens with zero attached hydrogens (tertiary/aromatic N) is 1. The number of hydrogen-bond donors (Lipinski definition) is 0. The summed E-state index contributed by atoms with van der Waals surface area (Å²) in [5.41, 5.74) is 2.55. The minimum Gasteiger partial charge on any atom is -0.496 e. The molecule has 0 saturated heterocycles. The zero-order valence-electron chi connectivity index (χ0n) is 7.92. The average Bonchev–Trinajstić information content (AvgIpc) is 2.04. The number of aryl methyl sites for hydroxylation is 2. The van der Waals surface area contributed by atoms with E-state index < -0.39 is 0 Å². The molecule has 0 fully saturated rings. The molecule has 0 aliphatic rings. The Labute approximate surface area is 77.1 Å². The SMILES string of the molecule is COc1c(C)cc(N=C=O)cc1C. The van der Waals surface area contributed by atoms with Crippen LogP contribution in [-0.4, -0.2) is 13.2 Å². The summed E-state index contributed by atoms with van der Waals surface area (Å²) in [4.78, 5) is 13.6. The molecule has 1 rings (SSSR count). The van der Waals surface area contributed by atoms with E-state index in [1.165, 1.54) is 6.08 Å². The van der Waals surface area contributed by atoms with Crippen LogP contribution in [0.1, 0.15) is 11.1 Å². The van der Waals surface area contributed by atoms with Gasteiger partial charge in [-0.15, -0.1) is 0 Å². The van der Waals surface area contributed by atoms with E-state index in [1.54, 1.807) is 19.2 Å². The first kappa shape index (κ1) is 9.49. The van der Waals surface area contributed by atoms with Gasteiger partial charge in [0.15, 0.2) is 0 Å². The third-order valence-corrected chi connectivity index (χ3v) is 1.82. The maximum Gasteiger partial charge on any atom is 0.240 e. The van der Waals surface area contributed by atoms with Gasteiger partial charge in [-0.25, -0.2) is 4.79 Å². The van der Waals surface area contributed by atoms with Crippen molar-refractivity contribution in [1.29, 1.82) is 0 Å². The molecule has 0 aliphatic heterocycles. The van der Waals surface area contributed by atoms with Crippen LogP contribution in [0.4, 0.5) is 5.69 Å². The van der Waals surface area contributed by atoms with E-state index in [0.717, 1.165) is 16.9 Å². The van der Waals surface area contributed by atoms with Gasteiger partial charge < -0.3 is 4.74 Å². The smallest absolute Gasteiger partial charge is 0.240 e. The number of methoxy groups -OCH3 is 1. The largest absolute Gasteiger partial charge is 0.496 e. The fraction of sp³-hybridized carbons (Fsp3) is 0.300. The minimum atomic E-state index is 0.616. The van der Waals surface area contributed by atoms with Gasteiger partial charge in [-0.1, -0.05) is 0 Å². The van der Waals surface area contributed by atoms with Crippen LogP contribution in [-0.2, 0) is 4.79 Å². The summed E-state index contributed by atoms with van der Waals surface area (Å²) in [6.45, 7) is 3.82. The highest BCUT2D eigenvalue weighted by molar-refractivity contribution is 5.56. The van der Waals surface area contributed by atoms with Crippen molar-refractivity contribution in [3.63, 3.8) is 0 Å². The molecule has 0 atom stereocenters. The van der Waals surface area contributed by atoms with Crippen molar-refractivity contribution in [1.82, 2.24) is 0 Å². The zero-order chi connectivity index (χ0) is 9.84. The van der Waals surface area contributed by atoms with E-state index in [2.05, 4.69) is 4.99 Å². The highest BCUT2D eigenvalue weighted by Gasteiger charge is 2.03. The van der Waals surface area contributed by atoms with Gasteiger partial charge in [-0.05, 0) is 37.1 Å². The third-order valence-electron chi connectivity index (χ3n) is 1.82. The molecule has 1 aromatic carbocycles. The molecule has 0 spiro atoms. The molecule has 68 valence electrons. The van der Waals surface area contributed by atoms with Crippen molar-refractivity contribution in [3.05, 3.63) is 23.3 Å².